The van der Waals surface area contributed by atoms with Crippen LogP contribution in [0.25, 0.3) is 0 Å². The van der Waals surface area contributed by atoms with Gasteiger partial charge in [0.2, 0.25) is 10.0 Å². The summed E-state index contributed by atoms with van der Waals surface area (Å²) in [4.78, 5) is 16.0. The van der Waals surface area contributed by atoms with E-state index in [1.165, 1.54) is 10.6 Å². The van der Waals surface area contributed by atoms with Gasteiger partial charge in [0.1, 0.15) is 5.60 Å². The number of aliphatic imine (C=N–C) groups is 1. The van der Waals surface area contributed by atoms with Gasteiger partial charge in [-0.25, -0.2) is 17.5 Å². The molecule has 3 N–H and O–H groups in total. The Kier molecular flexibility index (Phi) is 13.3. The van der Waals surface area contributed by atoms with Crippen molar-refractivity contribution in [1.29, 1.82) is 0 Å². The minimum atomic E-state index is -3.17. The van der Waals surface area contributed by atoms with Gasteiger partial charge in [-0.1, -0.05) is 6.92 Å². The maximum atomic E-state index is 11.9. The van der Waals surface area contributed by atoms with Crippen LogP contribution in [0, 0.1) is 0 Å². The standard InChI is InChI=1S/C17H37N5O4S.HI/c1-9-22(27(8,24)25)12-10-11-19-14(18-7)20-13-17(5,6)21-15(23)26-16(2,3)4;/h9-13H2,1-8H3,(H,21,23)(H2,18,19,20);1H. The molecule has 0 bridgehead atoms. The van der Waals surface area contributed by atoms with Crippen molar-refractivity contribution in [2.24, 2.45) is 4.99 Å². The summed E-state index contributed by atoms with van der Waals surface area (Å²) in [6, 6.07) is 0. The lowest BCUT2D eigenvalue weighted by atomic mass is 10.1. The Morgan fingerprint density at radius 1 is 1.14 bits per heavy atom. The number of sulfonamides is 1. The van der Waals surface area contributed by atoms with Gasteiger partial charge in [-0.2, -0.15) is 0 Å². The van der Waals surface area contributed by atoms with Crippen LogP contribution in [0.3, 0.4) is 0 Å². The Morgan fingerprint density at radius 3 is 2.14 bits per heavy atom. The molecule has 28 heavy (non-hydrogen) atoms. The lowest BCUT2D eigenvalue weighted by Crippen LogP contribution is -2.54. The summed E-state index contributed by atoms with van der Waals surface area (Å²) in [5.74, 6) is 0.580. The molecule has 11 heteroatoms. The van der Waals surface area contributed by atoms with E-state index in [0.29, 0.717) is 38.6 Å². The molecule has 168 valence electrons. The summed E-state index contributed by atoms with van der Waals surface area (Å²) in [6.45, 7) is 12.9. The van der Waals surface area contributed by atoms with E-state index in [2.05, 4.69) is 20.9 Å². The number of hydrogen-bond acceptors (Lipinski definition) is 5. The number of rotatable bonds is 9. The molecular weight excluding hydrogens is 497 g/mol. The zero-order valence-corrected chi connectivity index (χ0v) is 21.5. The maximum Gasteiger partial charge on any atom is 0.408 e. The topological polar surface area (TPSA) is 112 Å². The third-order valence-corrected chi connectivity index (χ3v) is 4.84. The van der Waals surface area contributed by atoms with Gasteiger partial charge in [0.25, 0.3) is 0 Å². The van der Waals surface area contributed by atoms with Crippen LogP contribution >= 0.6 is 24.0 Å². The monoisotopic (exact) mass is 535 g/mol. The minimum Gasteiger partial charge on any atom is -0.444 e. The second-order valence-electron chi connectivity index (χ2n) is 7.97. The Morgan fingerprint density at radius 2 is 1.71 bits per heavy atom. The first-order valence-electron chi connectivity index (χ1n) is 9.11. The molecule has 0 saturated heterocycles. The molecule has 0 fully saturated rings. The Hall–Kier alpha value is -0.820. The summed E-state index contributed by atoms with van der Waals surface area (Å²) >= 11 is 0. The van der Waals surface area contributed by atoms with Crippen molar-refractivity contribution in [3.63, 3.8) is 0 Å². The van der Waals surface area contributed by atoms with Crippen molar-refractivity contribution in [2.45, 2.75) is 59.1 Å². The van der Waals surface area contributed by atoms with Crippen molar-refractivity contribution in [3.8, 4) is 0 Å². The van der Waals surface area contributed by atoms with Gasteiger partial charge in [0, 0.05) is 33.2 Å². The molecule has 0 rings (SSSR count). The number of nitrogens with zero attached hydrogens (tertiary/aromatic N) is 2. The molecule has 0 atom stereocenters. The molecule has 0 radical (unpaired) electrons. The number of halogens is 1. The smallest absolute Gasteiger partial charge is 0.408 e. The molecule has 0 aliphatic heterocycles. The zero-order valence-electron chi connectivity index (χ0n) is 18.4. The fraction of sp³-hybridized carbons (Fsp3) is 0.882. The molecule has 0 spiro atoms. The Labute approximate surface area is 187 Å². The van der Waals surface area contributed by atoms with E-state index in [9.17, 15) is 13.2 Å². The highest BCUT2D eigenvalue weighted by molar-refractivity contribution is 14.0. The van der Waals surface area contributed by atoms with Crippen LogP contribution in [-0.4, -0.2) is 75.4 Å². The quantitative estimate of drug-likeness (QED) is 0.180. The molecule has 0 heterocycles. The maximum absolute atomic E-state index is 11.9. The largest absolute Gasteiger partial charge is 0.444 e. The Bertz CT molecular complexity index is 603. The van der Waals surface area contributed by atoms with Gasteiger partial charge in [-0.05, 0) is 41.0 Å². The van der Waals surface area contributed by atoms with Crippen LogP contribution in [0.5, 0.6) is 0 Å². The normalized spacial score (nSPS) is 13.0. The van der Waals surface area contributed by atoms with E-state index in [0.717, 1.165) is 0 Å². The van der Waals surface area contributed by atoms with Gasteiger partial charge in [0.15, 0.2) is 5.96 Å². The van der Waals surface area contributed by atoms with Gasteiger partial charge in [-0.15, -0.1) is 24.0 Å². The predicted molar refractivity (Wildman–Crippen MR) is 125 cm³/mol. The van der Waals surface area contributed by atoms with E-state index in [-0.39, 0.29) is 24.0 Å². The third-order valence-electron chi connectivity index (χ3n) is 3.46. The number of ether oxygens (including phenoxy) is 1. The van der Waals surface area contributed by atoms with Crippen molar-refractivity contribution in [3.05, 3.63) is 0 Å². The highest BCUT2D eigenvalue weighted by atomic mass is 127. The summed E-state index contributed by atoms with van der Waals surface area (Å²) in [5, 5.41) is 9.10. The third kappa shape index (κ3) is 14.2. The molecule has 0 unspecified atom stereocenters. The number of carbonyl (C=O) groups is 1. The molecule has 0 aliphatic rings. The summed E-state index contributed by atoms with van der Waals surface area (Å²) in [6.07, 6.45) is 1.39. The lowest BCUT2D eigenvalue weighted by Gasteiger charge is -2.29. The first-order chi connectivity index (χ1) is 12.2. The molecule has 9 nitrogen and oxygen atoms in total. The van der Waals surface area contributed by atoms with E-state index >= 15 is 0 Å². The highest BCUT2D eigenvalue weighted by Gasteiger charge is 2.24. The molecule has 0 aromatic carbocycles. The Balaban J connectivity index is 0. The average molecular weight is 535 g/mol. The van der Waals surface area contributed by atoms with Crippen LogP contribution in [0.2, 0.25) is 0 Å². The van der Waals surface area contributed by atoms with Crippen LogP contribution in [-0.2, 0) is 14.8 Å². The van der Waals surface area contributed by atoms with Crippen LogP contribution in [0.4, 0.5) is 4.79 Å². The van der Waals surface area contributed by atoms with Crippen molar-refractivity contribution >= 4 is 46.1 Å². The summed E-state index contributed by atoms with van der Waals surface area (Å²) in [7, 11) is -1.52. The van der Waals surface area contributed by atoms with E-state index < -0.39 is 27.3 Å². The fourth-order valence-corrected chi connectivity index (χ4v) is 3.10. The number of hydrogen-bond donors (Lipinski definition) is 3. The molecule has 0 aliphatic carbocycles. The fourth-order valence-electron chi connectivity index (χ4n) is 2.17. The van der Waals surface area contributed by atoms with E-state index in [1.807, 2.05) is 41.5 Å². The van der Waals surface area contributed by atoms with E-state index in [4.69, 9.17) is 4.74 Å². The van der Waals surface area contributed by atoms with E-state index in [1.54, 1.807) is 7.05 Å². The first-order valence-corrected chi connectivity index (χ1v) is 11.0. The van der Waals surface area contributed by atoms with Gasteiger partial charge in [0.05, 0.1) is 11.8 Å². The number of alkyl carbamates (subject to hydrolysis) is 1. The van der Waals surface area contributed by atoms with Gasteiger partial charge >= 0.3 is 6.09 Å². The average Bonchev–Trinajstić information content (AvgIpc) is 2.46. The second kappa shape index (κ2) is 12.7. The first kappa shape index (κ1) is 29.4. The van der Waals surface area contributed by atoms with Crippen molar-refractivity contribution in [1.82, 2.24) is 20.3 Å². The summed E-state index contributed by atoms with van der Waals surface area (Å²) in [5.41, 5.74) is -1.10. The highest BCUT2D eigenvalue weighted by Crippen LogP contribution is 2.09. The minimum absolute atomic E-state index is 0. The molecule has 0 saturated carbocycles. The van der Waals surface area contributed by atoms with Gasteiger partial charge in [-0.3, -0.25) is 4.99 Å². The second-order valence-corrected chi connectivity index (χ2v) is 9.95. The zero-order chi connectivity index (χ0) is 21.3. The number of guanidine groups is 1. The lowest BCUT2D eigenvalue weighted by molar-refractivity contribution is 0.0474. The van der Waals surface area contributed by atoms with Crippen molar-refractivity contribution in [2.75, 3.05) is 39.5 Å². The number of amides is 1. The van der Waals surface area contributed by atoms with Crippen LogP contribution in [0.15, 0.2) is 4.99 Å². The molecule has 0 aromatic heterocycles. The predicted octanol–water partition coefficient (Wildman–Crippen LogP) is 1.74. The number of carbonyl (C=O) groups excluding carboxylic acids is 1. The van der Waals surface area contributed by atoms with Gasteiger partial charge < -0.3 is 20.7 Å². The van der Waals surface area contributed by atoms with Crippen LogP contribution < -0.4 is 16.0 Å². The SMILES string of the molecule is CCN(CCCNC(=NC)NCC(C)(C)NC(=O)OC(C)(C)C)S(C)(=O)=O.I. The summed E-state index contributed by atoms with van der Waals surface area (Å²) < 4.78 is 29.8. The molecular formula is C17H38IN5O4S. The van der Waals surface area contributed by atoms with Crippen molar-refractivity contribution < 1.29 is 17.9 Å². The number of nitrogens with one attached hydrogen (secondary N) is 3. The molecule has 1 amide bonds. The van der Waals surface area contributed by atoms with Crippen LogP contribution in [0.1, 0.15) is 48.0 Å². The molecule has 0 aromatic rings.